The van der Waals surface area contributed by atoms with Gasteiger partial charge in [-0.05, 0) is 31.0 Å². The molecule has 0 N–H and O–H groups in total. The van der Waals surface area contributed by atoms with Crippen molar-refractivity contribution < 1.29 is 4.74 Å². The Kier molecular flexibility index (Phi) is 5.40. The molecule has 0 saturated carbocycles. The summed E-state index contributed by atoms with van der Waals surface area (Å²) in [4.78, 5) is 4.50. The molecule has 20 heavy (non-hydrogen) atoms. The van der Waals surface area contributed by atoms with E-state index in [9.17, 15) is 0 Å². The van der Waals surface area contributed by atoms with Crippen molar-refractivity contribution in [3.63, 3.8) is 0 Å². The number of alkyl halides is 1. The van der Waals surface area contributed by atoms with Crippen LogP contribution in [0, 0.1) is 11.3 Å². The summed E-state index contributed by atoms with van der Waals surface area (Å²) in [6.07, 6.45) is 1.94. The summed E-state index contributed by atoms with van der Waals surface area (Å²) in [6, 6.07) is 7.67. The van der Waals surface area contributed by atoms with E-state index in [1.807, 2.05) is 12.1 Å². The molecule has 0 amide bonds. The number of imidazole rings is 1. The number of rotatable bonds is 7. The van der Waals surface area contributed by atoms with Gasteiger partial charge in [0.15, 0.2) is 0 Å². The van der Waals surface area contributed by atoms with Gasteiger partial charge in [0.05, 0.1) is 28.5 Å². The van der Waals surface area contributed by atoms with Gasteiger partial charge in [-0.3, -0.25) is 0 Å². The second-order valence-corrected chi connectivity index (χ2v) is 4.86. The zero-order valence-electron chi connectivity index (χ0n) is 11.6. The summed E-state index contributed by atoms with van der Waals surface area (Å²) < 4.78 is 7.57. The average molecular weight is 292 g/mol. The lowest BCUT2D eigenvalue weighted by atomic mass is 10.2. The van der Waals surface area contributed by atoms with E-state index >= 15 is 0 Å². The van der Waals surface area contributed by atoms with E-state index < -0.39 is 0 Å². The van der Waals surface area contributed by atoms with Gasteiger partial charge in [0.2, 0.25) is 0 Å². The molecule has 0 fully saturated rings. The largest absolute Gasteiger partial charge is 0.381 e. The fourth-order valence-corrected chi connectivity index (χ4v) is 2.37. The molecule has 0 radical (unpaired) electrons. The topological polar surface area (TPSA) is 50.8 Å². The second-order valence-electron chi connectivity index (χ2n) is 4.59. The number of hydrogen-bond donors (Lipinski definition) is 0. The van der Waals surface area contributed by atoms with Crippen molar-refractivity contribution >= 4 is 22.6 Å². The Morgan fingerprint density at radius 3 is 2.95 bits per heavy atom. The van der Waals surface area contributed by atoms with Gasteiger partial charge >= 0.3 is 0 Å². The maximum atomic E-state index is 9.00. The molecule has 0 aliphatic heterocycles. The van der Waals surface area contributed by atoms with Crippen LogP contribution in [0.4, 0.5) is 0 Å². The van der Waals surface area contributed by atoms with Crippen LogP contribution in [0.5, 0.6) is 0 Å². The van der Waals surface area contributed by atoms with Crippen LogP contribution in [0.3, 0.4) is 0 Å². The number of halogens is 1. The fraction of sp³-hybridized carbons (Fsp3) is 0.467. The number of nitriles is 1. The smallest absolute Gasteiger partial charge is 0.124 e. The number of ether oxygens (including phenoxy) is 1. The lowest BCUT2D eigenvalue weighted by molar-refractivity contribution is 0.129. The number of aryl methyl sites for hydroxylation is 1. The molecule has 1 aromatic heterocycles. The molecule has 0 atom stereocenters. The number of aromatic nitrogens is 2. The number of benzene rings is 1. The monoisotopic (exact) mass is 291 g/mol. The van der Waals surface area contributed by atoms with Crippen LogP contribution in [0.1, 0.15) is 31.2 Å². The molecule has 0 saturated heterocycles. The van der Waals surface area contributed by atoms with E-state index in [0.717, 1.165) is 49.5 Å². The van der Waals surface area contributed by atoms with Gasteiger partial charge in [0.1, 0.15) is 5.82 Å². The highest BCUT2D eigenvalue weighted by atomic mass is 35.5. The predicted octanol–water partition coefficient (Wildman–Crippen LogP) is 3.46. The quantitative estimate of drug-likeness (QED) is 0.580. The highest BCUT2D eigenvalue weighted by Crippen LogP contribution is 2.19. The number of fused-ring (bicyclic) bond motifs is 1. The molecule has 0 aliphatic carbocycles. The minimum atomic E-state index is 0.367. The van der Waals surface area contributed by atoms with E-state index in [-0.39, 0.29) is 0 Å². The first kappa shape index (κ1) is 14.8. The van der Waals surface area contributed by atoms with Crippen LogP contribution in [-0.4, -0.2) is 22.8 Å². The molecule has 1 heterocycles. The highest BCUT2D eigenvalue weighted by molar-refractivity contribution is 6.16. The van der Waals surface area contributed by atoms with E-state index in [1.54, 1.807) is 6.07 Å². The van der Waals surface area contributed by atoms with Crippen molar-refractivity contribution in [3.8, 4) is 6.07 Å². The third kappa shape index (κ3) is 3.30. The van der Waals surface area contributed by atoms with E-state index in [1.165, 1.54) is 0 Å². The van der Waals surface area contributed by atoms with Crippen molar-refractivity contribution in [3.05, 3.63) is 29.6 Å². The molecule has 2 rings (SSSR count). The molecule has 0 spiro atoms. The van der Waals surface area contributed by atoms with E-state index in [0.29, 0.717) is 11.4 Å². The summed E-state index contributed by atoms with van der Waals surface area (Å²) in [5.41, 5.74) is 2.49. The fourth-order valence-electron chi connectivity index (χ4n) is 2.16. The summed E-state index contributed by atoms with van der Waals surface area (Å²) >= 11 is 5.96. The summed E-state index contributed by atoms with van der Waals surface area (Å²) in [5.74, 6) is 1.21. The van der Waals surface area contributed by atoms with E-state index in [4.69, 9.17) is 21.6 Å². The van der Waals surface area contributed by atoms with Crippen molar-refractivity contribution in [2.45, 2.75) is 32.2 Å². The van der Waals surface area contributed by atoms with Gasteiger partial charge in [-0.25, -0.2) is 4.98 Å². The first-order chi connectivity index (χ1) is 9.80. The lowest BCUT2D eigenvalue weighted by Crippen LogP contribution is -2.06. The van der Waals surface area contributed by atoms with Gasteiger partial charge in [-0.2, -0.15) is 5.26 Å². The Labute approximate surface area is 123 Å². The Morgan fingerprint density at radius 1 is 1.40 bits per heavy atom. The maximum Gasteiger partial charge on any atom is 0.124 e. The van der Waals surface area contributed by atoms with Gasteiger partial charge in [-0.15, -0.1) is 11.6 Å². The standard InChI is InChI=1S/C15H18ClN3O/c1-2-7-20-8-3-6-19-14-9-12(11-17)4-5-13(14)18-15(19)10-16/h4-5,9H,2-3,6-8,10H2,1H3. The van der Waals surface area contributed by atoms with Gasteiger partial charge in [0.25, 0.3) is 0 Å². The van der Waals surface area contributed by atoms with Gasteiger partial charge in [0, 0.05) is 19.8 Å². The molecule has 0 aliphatic rings. The van der Waals surface area contributed by atoms with Crippen molar-refractivity contribution in [2.24, 2.45) is 0 Å². The Bertz CT molecular complexity index is 615. The molecule has 2 aromatic rings. The summed E-state index contributed by atoms with van der Waals surface area (Å²) in [7, 11) is 0. The van der Waals surface area contributed by atoms with E-state index in [2.05, 4.69) is 22.5 Å². The average Bonchev–Trinajstić information content (AvgIpc) is 2.84. The molecular weight excluding hydrogens is 274 g/mol. The molecular formula is C15H18ClN3O. The first-order valence-electron chi connectivity index (χ1n) is 6.83. The zero-order chi connectivity index (χ0) is 14.4. The molecule has 106 valence electrons. The molecule has 0 unspecified atom stereocenters. The Morgan fingerprint density at radius 2 is 2.25 bits per heavy atom. The third-order valence-corrected chi connectivity index (χ3v) is 3.33. The van der Waals surface area contributed by atoms with Crippen LogP contribution in [0.25, 0.3) is 11.0 Å². The lowest BCUT2D eigenvalue weighted by Gasteiger charge is -2.08. The highest BCUT2D eigenvalue weighted by Gasteiger charge is 2.10. The van der Waals surface area contributed by atoms with Gasteiger partial charge in [-0.1, -0.05) is 6.92 Å². The van der Waals surface area contributed by atoms with Crippen LogP contribution in [0.15, 0.2) is 18.2 Å². The molecule has 0 bridgehead atoms. The third-order valence-electron chi connectivity index (χ3n) is 3.09. The summed E-state index contributed by atoms with van der Waals surface area (Å²) in [5, 5.41) is 9.00. The Hall–Kier alpha value is -1.57. The minimum Gasteiger partial charge on any atom is -0.381 e. The SMILES string of the molecule is CCCOCCCn1c(CCl)nc2ccc(C#N)cc21. The number of nitrogens with zero attached hydrogens (tertiary/aromatic N) is 3. The molecule has 5 heteroatoms. The van der Waals surface area contributed by atoms with Crippen LogP contribution in [-0.2, 0) is 17.2 Å². The normalized spacial score (nSPS) is 10.8. The van der Waals surface area contributed by atoms with Gasteiger partial charge < -0.3 is 9.30 Å². The molecule has 1 aromatic carbocycles. The van der Waals surface area contributed by atoms with Crippen LogP contribution in [0.2, 0.25) is 0 Å². The minimum absolute atomic E-state index is 0.367. The van der Waals surface area contributed by atoms with Crippen LogP contribution < -0.4 is 0 Å². The van der Waals surface area contributed by atoms with Crippen LogP contribution >= 0.6 is 11.6 Å². The first-order valence-corrected chi connectivity index (χ1v) is 7.36. The molecule has 4 nitrogen and oxygen atoms in total. The van der Waals surface area contributed by atoms with Crippen molar-refractivity contribution in [1.29, 1.82) is 5.26 Å². The van der Waals surface area contributed by atoms with Crippen molar-refractivity contribution in [1.82, 2.24) is 9.55 Å². The second kappa shape index (κ2) is 7.28. The maximum absolute atomic E-state index is 9.00. The number of hydrogen-bond acceptors (Lipinski definition) is 3. The summed E-state index contributed by atoms with van der Waals surface area (Å²) in [6.45, 7) is 4.42. The Balaban J connectivity index is 2.18. The zero-order valence-corrected chi connectivity index (χ0v) is 12.4. The predicted molar refractivity (Wildman–Crippen MR) is 79.7 cm³/mol. The van der Waals surface area contributed by atoms with Crippen molar-refractivity contribution in [2.75, 3.05) is 13.2 Å².